The molecule has 0 saturated heterocycles. The highest BCUT2D eigenvalue weighted by Crippen LogP contribution is 2.44. The lowest BCUT2D eigenvalue weighted by Crippen LogP contribution is -2.09. The van der Waals surface area contributed by atoms with E-state index in [9.17, 15) is 0 Å². The van der Waals surface area contributed by atoms with Gasteiger partial charge in [0.25, 0.3) is 0 Å². The number of rotatable bonds is 2. The lowest BCUT2D eigenvalue weighted by Gasteiger charge is -2.15. The quantitative estimate of drug-likeness (QED) is 0.740. The maximum Gasteiger partial charge on any atom is 0.122 e. The van der Waals surface area contributed by atoms with Crippen LogP contribution in [-0.2, 0) is 12.8 Å². The van der Waals surface area contributed by atoms with Gasteiger partial charge in [0.1, 0.15) is 11.5 Å². The van der Waals surface area contributed by atoms with Gasteiger partial charge >= 0.3 is 0 Å². The molecule has 0 aliphatic heterocycles. The molecule has 15 heavy (non-hydrogen) atoms. The van der Waals surface area contributed by atoms with Crippen LogP contribution in [0.2, 0.25) is 0 Å². The predicted octanol–water partition coefficient (Wildman–Crippen LogP) is 2.83. The van der Waals surface area contributed by atoms with E-state index >= 15 is 0 Å². The minimum absolute atomic E-state index is 0.324. The van der Waals surface area contributed by atoms with Gasteiger partial charge in [0.15, 0.2) is 0 Å². The van der Waals surface area contributed by atoms with Crippen molar-refractivity contribution in [3.05, 3.63) is 23.3 Å². The number of fused-ring (bicyclic) bond motifs is 1. The Morgan fingerprint density at radius 1 is 0.933 bits per heavy atom. The van der Waals surface area contributed by atoms with Crippen molar-refractivity contribution in [3.8, 4) is 11.5 Å². The highest BCUT2D eigenvalue weighted by molar-refractivity contribution is 5.52. The fourth-order valence-electron chi connectivity index (χ4n) is 2.44. The number of hydrogen-bond donors (Lipinski definition) is 0. The van der Waals surface area contributed by atoms with Crippen LogP contribution in [0.5, 0.6) is 11.5 Å². The van der Waals surface area contributed by atoms with Gasteiger partial charge < -0.3 is 9.47 Å². The topological polar surface area (TPSA) is 18.5 Å². The highest BCUT2D eigenvalue weighted by Gasteiger charge is 2.32. The van der Waals surface area contributed by atoms with Crippen molar-refractivity contribution in [2.45, 2.75) is 26.7 Å². The summed E-state index contributed by atoms with van der Waals surface area (Å²) in [6.45, 7) is 4.57. The molecule has 0 radical (unpaired) electrons. The van der Waals surface area contributed by atoms with E-state index in [1.807, 2.05) is 12.1 Å². The van der Waals surface area contributed by atoms with Crippen molar-refractivity contribution >= 4 is 0 Å². The second-order valence-corrected chi connectivity index (χ2v) is 4.94. The Morgan fingerprint density at radius 3 is 1.67 bits per heavy atom. The molecule has 1 aromatic carbocycles. The highest BCUT2D eigenvalue weighted by atomic mass is 16.5. The van der Waals surface area contributed by atoms with Crippen LogP contribution in [0.1, 0.15) is 25.0 Å². The summed E-state index contributed by atoms with van der Waals surface area (Å²) in [4.78, 5) is 0. The van der Waals surface area contributed by atoms with E-state index in [2.05, 4.69) is 13.8 Å². The smallest absolute Gasteiger partial charge is 0.122 e. The van der Waals surface area contributed by atoms with E-state index in [4.69, 9.17) is 9.47 Å². The molecule has 2 rings (SSSR count). The van der Waals surface area contributed by atoms with Gasteiger partial charge in [0.05, 0.1) is 14.2 Å². The minimum atomic E-state index is 0.324. The number of benzene rings is 1. The third-order valence-electron chi connectivity index (χ3n) is 3.10. The minimum Gasteiger partial charge on any atom is -0.496 e. The zero-order chi connectivity index (χ0) is 11.1. The van der Waals surface area contributed by atoms with Crippen molar-refractivity contribution < 1.29 is 9.47 Å². The molecule has 0 heterocycles. The molecule has 1 aromatic rings. The van der Waals surface area contributed by atoms with Gasteiger partial charge in [0, 0.05) is 11.1 Å². The number of hydrogen-bond acceptors (Lipinski definition) is 2. The molecular weight excluding hydrogens is 188 g/mol. The Balaban J connectivity index is 2.52. The van der Waals surface area contributed by atoms with E-state index in [1.165, 1.54) is 11.1 Å². The summed E-state index contributed by atoms with van der Waals surface area (Å²) in [6, 6.07) is 4.00. The SMILES string of the molecule is COc1ccc(OC)c2c1CC(C)(C)C2. The lowest BCUT2D eigenvalue weighted by molar-refractivity contribution is 0.374. The second-order valence-electron chi connectivity index (χ2n) is 4.94. The number of methoxy groups -OCH3 is 2. The van der Waals surface area contributed by atoms with Crippen LogP contribution in [0.15, 0.2) is 12.1 Å². The molecule has 2 nitrogen and oxygen atoms in total. The van der Waals surface area contributed by atoms with Gasteiger partial charge in [-0.05, 0) is 30.4 Å². The van der Waals surface area contributed by atoms with Crippen molar-refractivity contribution in [3.63, 3.8) is 0 Å². The second kappa shape index (κ2) is 3.44. The Labute approximate surface area is 91.2 Å². The molecule has 0 aromatic heterocycles. The van der Waals surface area contributed by atoms with Crippen molar-refractivity contribution in [2.75, 3.05) is 14.2 Å². The monoisotopic (exact) mass is 206 g/mol. The first-order chi connectivity index (χ1) is 7.07. The number of ether oxygens (including phenoxy) is 2. The molecule has 0 amide bonds. The lowest BCUT2D eigenvalue weighted by atomic mass is 9.90. The molecule has 1 aliphatic carbocycles. The average Bonchev–Trinajstić information content (AvgIpc) is 2.51. The molecule has 0 spiro atoms. The molecule has 1 aliphatic rings. The molecule has 0 bridgehead atoms. The van der Waals surface area contributed by atoms with Gasteiger partial charge in [-0.2, -0.15) is 0 Å². The van der Waals surface area contributed by atoms with E-state index in [-0.39, 0.29) is 0 Å². The van der Waals surface area contributed by atoms with Gasteiger partial charge in [-0.25, -0.2) is 0 Å². The van der Waals surface area contributed by atoms with Gasteiger partial charge in [-0.15, -0.1) is 0 Å². The van der Waals surface area contributed by atoms with Crippen LogP contribution >= 0.6 is 0 Å². The molecule has 2 heteroatoms. The molecule has 0 N–H and O–H groups in total. The first kappa shape index (κ1) is 10.3. The fourth-order valence-corrected chi connectivity index (χ4v) is 2.44. The average molecular weight is 206 g/mol. The van der Waals surface area contributed by atoms with E-state index in [0.29, 0.717) is 5.41 Å². The zero-order valence-corrected chi connectivity index (χ0v) is 9.89. The Hall–Kier alpha value is -1.18. The van der Waals surface area contributed by atoms with Crippen LogP contribution in [0.3, 0.4) is 0 Å². The van der Waals surface area contributed by atoms with Crippen LogP contribution in [0.25, 0.3) is 0 Å². The Morgan fingerprint density at radius 2 is 1.33 bits per heavy atom. The summed E-state index contributed by atoms with van der Waals surface area (Å²) >= 11 is 0. The predicted molar refractivity (Wildman–Crippen MR) is 60.7 cm³/mol. The van der Waals surface area contributed by atoms with Crippen LogP contribution in [0.4, 0.5) is 0 Å². The summed E-state index contributed by atoms with van der Waals surface area (Å²) in [5.41, 5.74) is 2.97. The third kappa shape index (κ3) is 1.69. The first-order valence-electron chi connectivity index (χ1n) is 5.30. The van der Waals surface area contributed by atoms with Gasteiger partial charge in [-0.1, -0.05) is 13.8 Å². The summed E-state index contributed by atoms with van der Waals surface area (Å²) in [7, 11) is 3.46. The van der Waals surface area contributed by atoms with Crippen LogP contribution < -0.4 is 9.47 Å². The standard InChI is InChI=1S/C13H18O2/c1-13(2)7-9-10(8-13)12(15-4)6-5-11(9)14-3/h5-6H,7-8H2,1-4H3. The molecule has 82 valence electrons. The van der Waals surface area contributed by atoms with Gasteiger partial charge in [0.2, 0.25) is 0 Å². The summed E-state index contributed by atoms with van der Waals surface area (Å²) in [5.74, 6) is 1.99. The van der Waals surface area contributed by atoms with Crippen molar-refractivity contribution in [1.29, 1.82) is 0 Å². The van der Waals surface area contributed by atoms with Crippen molar-refractivity contribution in [2.24, 2.45) is 5.41 Å². The molecular formula is C13H18O2. The van der Waals surface area contributed by atoms with Crippen LogP contribution in [0, 0.1) is 5.41 Å². The Bertz CT molecular complexity index is 345. The first-order valence-corrected chi connectivity index (χ1v) is 5.30. The summed E-state index contributed by atoms with van der Waals surface area (Å²) in [5, 5.41) is 0. The molecule has 0 atom stereocenters. The molecule has 0 fully saturated rings. The maximum absolute atomic E-state index is 5.39. The molecule has 0 saturated carbocycles. The Kier molecular flexibility index (Phi) is 2.37. The summed E-state index contributed by atoms with van der Waals surface area (Å²) in [6.07, 6.45) is 2.14. The van der Waals surface area contributed by atoms with E-state index in [0.717, 1.165) is 24.3 Å². The van der Waals surface area contributed by atoms with E-state index in [1.54, 1.807) is 14.2 Å². The maximum atomic E-state index is 5.39. The van der Waals surface area contributed by atoms with Crippen molar-refractivity contribution in [1.82, 2.24) is 0 Å². The van der Waals surface area contributed by atoms with Gasteiger partial charge in [-0.3, -0.25) is 0 Å². The normalized spacial score (nSPS) is 17.3. The third-order valence-corrected chi connectivity index (χ3v) is 3.10. The van der Waals surface area contributed by atoms with E-state index < -0.39 is 0 Å². The zero-order valence-electron chi connectivity index (χ0n) is 9.89. The fraction of sp³-hybridized carbons (Fsp3) is 0.538. The molecule has 0 unspecified atom stereocenters. The van der Waals surface area contributed by atoms with Crippen LogP contribution in [-0.4, -0.2) is 14.2 Å². The summed E-state index contributed by atoms with van der Waals surface area (Å²) < 4.78 is 10.8. The largest absolute Gasteiger partial charge is 0.496 e.